The SMILES string of the molecule is CC(C)(CNC(=O)c1cc(C(=O)O)co1)c1cccc(F)c1. The summed E-state index contributed by atoms with van der Waals surface area (Å²) >= 11 is 0. The van der Waals surface area contributed by atoms with Gasteiger partial charge in [0, 0.05) is 18.0 Å². The number of carbonyl (C=O) groups is 2. The van der Waals surface area contributed by atoms with E-state index < -0.39 is 17.3 Å². The van der Waals surface area contributed by atoms with E-state index in [1.165, 1.54) is 12.1 Å². The number of carboxylic acids is 1. The van der Waals surface area contributed by atoms with E-state index in [2.05, 4.69) is 5.32 Å². The number of carbonyl (C=O) groups excluding carboxylic acids is 1. The van der Waals surface area contributed by atoms with E-state index in [4.69, 9.17) is 9.52 Å². The van der Waals surface area contributed by atoms with Crippen molar-refractivity contribution >= 4 is 11.9 Å². The number of rotatable bonds is 5. The molecule has 0 aliphatic carbocycles. The van der Waals surface area contributed by atoms with Crippen LogP contribution in [0, 0.1) is 5.82 Å². The second-order valence-electron chi connectivity index (χ2n) is 5.58. The summed E-state index contributed by atoms with van der Waals surface area (Å²) in [7, 11) is 0. The van der Waals surface area contributed by atoms with Crippen molar-refractivity contribution in [3.05, 3.63) is 59.3 Å². The maximum Gasteiger partial charge on any atom is 0.338 e. The van der Waals surface area contributed by atoms with Crippen LogP contribution in [-0.4, -0.2) is 23.5 Å². The lowest BCUT2D eigenvalue weighted by Crippen LogP contribution is -2.36. The van der Waals surface area contributed by atoms with E-state index in [9.17, 15) is 14.0 Å². The number of amides is 1. The van der Waals surface area contributed by atoms with Crippen molar-refractivity contribution in [2.75, 3.05) is 6.54 Å². The number of benzene rings is 1. The van der Waals surface area contributed by atoms with E-state index in [-0.39, 0.29) is 23.7 Å². The number of hydrogen-bond acceptors (Lipinski definition) is 3. The van der Waals surface area contributed by atoms with Crippen molar-refractivity contribution in [1.82, 2.24) is 5.32 Å². The normalized spacial score (nSPS) is 11.2. The highest BCUT2D eigenvalue weighted by molar-refractivity contribution is 5.95. The highest BCUT2D eigenvalue weighted by atomic mass is 19.1. The number of halogens is 1. The molecule has 0 radical (unpaired) electrons. The smallest absolute Gasteiger partial charge is 0.338 e. The third kappa shape index (κ3) is 3.52. The number of hydrogen-bond donors (Lipinski definition) is 2. The Balaban J connectivity index is 2.04. The lowest BCUT2D eigenvalue weighted by molar-refractivity contribution is 0.0696. The van der Waals surface area contributed by atoms with E-state index in [1.807, 2.05) is 13.8 Å². The molecular formula is C16H16FNO4. The Morgan fingerprint density at radius 1 is 1.32 bits per heavy atom. The standard InChI is InChI=1S/C16H16FNO4/c1-16(2,11-4-3-5-12(17)7-11)9-18-14(19)13-6-10(8-22-13)15(20)21/h3-8H,9H2,1-2H3,(H,18,19)(H,20,21). The molecule has 5 nitrogen and oxygen atoms in total. The van der Waals surface area contributed by atoms with Gasteiger partial charge in [0.25, 0.3) is 5.91 Å². The largest absolute Gasteiger partial charge is 0.478 e. The van der Waals surface area contributed by atoms with Crippen LogP contribution in [0.5, 0.6) is 0 Å². The van der Waals surface area contributed by atoms with Crippen LogP contribution in [0.2, 0.25) is 0 Å². The summed E-state index contributed by atoms with van der Waals surface area (Å²) in [5.41, 5.74) is 0.174. The van der Waals surface area contributed by atoms with Crippen LogP contribution in [-0.2, 0) is 5.41 Å². The number of nitrogens with one attached hydrogen (secondary N) is 1. The Morgan fingerprint density at radius 2 is 2.05 bits per heavy atom. The third-order valence-electron chi connectivity index (χ3n) is 3.37. The molecule has 6 heteroatoms. The minimum Gasteiger partial charge on any atom is -0.478 e. The zero-order valence-electron chi connectivity index (χ0n) is 12.2. The van der Waals surface area contributed by atoms with Crippen LogP contribution in [0.15, 0.2) is 41.0 Å². The Bertz CT molecular complexity index is 706. The molecule has 0 saturated carbocycles. The summed E-state index contributed by atoms with van der Waals surface area (Å²) < 4.78 is 18.2. The van der Waals surface area contributed by atoms with Gasteiger partial charge in [0.2, 0.25) is 0 Å². The van der Waals surface area contributed by atoms with E-state index >= 15 is 0 Å². The second kappa shape index (κ2) is 6.01. The molecule has 1 aromatic carbocycles. The molecule has 2 rings (SSSR count). The predicted octanol–water partition coefficient (Wildman–Crippen LogP) is 2.82. The molecule has 0 aliphatic heterocycles. The van der Waals surface area contributed by atoms with Gasteiger partial charge < -0.3 is 14.8 Å². The predicted molar refractivity (Wildman–Crippen MR) is 77.4 cm³/mol. The molecule has 0 fully saturated rings. The van der Waals surface area contributed by atoms with Gasteiger partial charge in [-0.05, 0) is 17.7 Å². The summed E-state index contributed by atoms with van der Waals surface area (Å²) in [4.78, 5) is 22.7. The fraction of sp³-hybridized carbons (Fsp3) is 0.250. The molecule has 1 aromatic heterocycles. The number of furan rings is 1. The van der Waals surface area contributed by atoms with Gasteiger partial charge in [-0.25, -0.2) is 9.18 Å². The fourth-order valence-corrected chi connectivity index (χ4v) is 1.97. The van der Waals surface area contributed by atoms with Gasteiger partial charge in [-0.1, -0.05) is 26.0 Å². The summed E-state index contributed by atoms with van der Waals surface area (Å²) in [6, 6.07) is 7.33. The molecule has 2 aromatic rings. The quantitative estimate of drug-likeness (QED) is 0.890. The molecule has 0 spiro atoms. The van der Waals surface area contributed by atoms with Crippen molar-refractivity contribution in [1.29, 1.82) is 0 Å². The first-order valence-electron chi connectivity index (χ1n) is 6.66. The zero-order valence-corrected chi connectivity index (χ0v) is 12.2. The Labute approximate surface area is 126 Å². The first kappa shape index (κ1) is 15.8. The van der Waals surface area contributed by atoms with E-state index in [0.29, 0.717) is 0 Å². The Kier molecular flexibility index (Phi) is 4.30. The van der Waals surface area contributed by atoms with Crippen LogP contribution < -0.4 is 5.32 Å². The average Bonchev–Trinajstić information content (AvgIpc) is 2.95. The van der Waals surface area contributed by atoms with Crippen LogP contribution in [0.3, 0.4) is 0 Å². The molecule has 0 aliphatic rings. The summed E-state index contributed by atoms with van der Waals surface area (Å²) in [5.74, 6) is -2.10. The molecule has 2 N–H and O–H groups in total. The minimum atomic E-state index is -1.16. The molecule has 116 valence electrons. The van der Waals surface area contributed by atoms with Gasteiger partial charge in [0.05, 0.1) is 5.56 Å². The molecule has 0 bridgehead atoms. The molecule has 0 saturated heterocycles. The van der Waals surface area contributed by atoms with Gasteiger partial charge in [-0.3, -0.25) is 4.79 Å². The first-order valence-corrected chi connectivity index (χ1v) is 6.66. The molecule has 1 amide bonds. The summed E-state index contributed by atoms with van der Waals surface area (Å²) in [6.07, 6.45) is 1.01. The highest BCUT2D eigenvalue weighted by Gasteiger charge is 2.23. The van der Waals surface area contributed by atoms with Crippen molar-refractivity contribution in [2.45, 2.75) is 19.3 Å². The summed E-state index contributed by atoms with van der Waals surface area (Å²) in [5, 5.41) is 11.4. The van der Waals surface area contributed by atoms with Crippen molar-refractivity contribution in [2.24, 2.45) is 0 Å². The van der Waals surface area contributed by atoms with Gasteiger partial charge in [-0.15, -0.1) is 0 Å². The van der Waals surface area contributed by atoms with Crippen molar-refractivity contribution in [3.63, 3.8) is 0 Å². The van der Waals surface area contributed by atoms with Crippen LogP contribution in [0.4, 0.5) is 4.39 Å². The lowest BCUT2D eigenvalue weighted by atomic mass is 9.84. The molecule has 22 heavy (non-hydrogen) atoms. The monoisotopic (exact) mass is 305 g/mol. The first-order chi connectivity index (χ1) is 10.3. The van der Waals surface area contributed by atoms with Crippen molar-refractivity contribution < 1.29 is 23.5 Å². The Morgan fingerprint density at radius 3 is 2.64 bits per heavy atom. The average molecular weight is 305 g/mol. The highest BCUT2D eigenvalue weighted by Crippen LogP contribution is 2.23. The maximum absolute atomic E-state index is 13.3. The molecule has 0 unspecified atom stereocenters. The molecule has 0 atom stereocenters. The number of aromatic carboxylic acids is 1. The second-order valence-corrected chi connectivity index (χ2v) is 5.58. The minimum absolute atomic E-state index is 0.0764. The van der Waals surface area contributed by atoms with Crippen LogP contribution in [0.25, 0.3) is 0 Å². The van der Waals surface area contributed by atoms with Crippen molar-refractivity contribution in [3.8, 4) is 0 Å². The molecule has 1 heterocycles. The fourth-order valence-electron chi connectivity index (χ4n) is 1.97. The van der Waals surface area contributed by atoms with Crippen LogP contribution >= 0.6 is 0 Å². The van der Waals surface area contributed by atoms with Gasteiger partial charge in [-0.2, -0.15) is 0 Å². The zero-order chi connectivity index (χ0) is 16.3. The van der Waals surface area contributed by atoms with Gasteiger partial charge in [0.1, 0.15) is 12.1 Å². The van der Waals surface area contributed by atoms with E-state index in [0.717, 1.165) is 17.9 Å². The third-order valence-corrected chi connectivity index (χ3v) is 3.37. The lowest BCUT2D eigenvalue weighted by Gasteiger charge is -2.25. The topological polar surface area (TPSA) is 79.5 Å². The van der Waals surface area contributed by atoms with Gasteiger partial charge >= 0.3 is 5.97 Å². The molecular weight excluding hydrogens is 289 g/mol. The number of carboxylic acid groups (broad SMARTS) is 1. The van der Waals surface area contributed by atoms with Crippen LogP contribution in [0.1, 0.15) is 40.3 Å². The van der Waals surface area contributed by atoms with E-state index in [1.54, 1.807) is 12.1 Å². The van der Waals surface area contributed by atoms with Gasteiger partial charge in [0.15, 0.2) is 5.76 Å². The summed E-state index contributed by atoms with van der Waals surface area (Å²) in [6.45, 7) is 3.98. The maximum atomic E-state index is 13.3. The Hall–Kier alpha value is -2.63.